The Kier molecular flexibility index (Phi) is 5.31. The number of carbonyl (C=O) groups excluding carboxylic acids is 1. The Morgan fingerprint density at radius 2 is 2.04 bits per heavy atom. The third-order valence-corrected chi connectivity index (χ3v) is 6.50. The van der Waals surface area contributed by atoms with Gasteiger partial charge in [0.25, 0.3) is 5.91 Å². The first-order valence-corrected chi connectivity index (χ1v) is 10.7. The minimum absolute atomic E-state index is 0.196. The van der Waals surface area contributed by atoms with E-state index in [1.165, 1.54) is 11.3 Å². The molecular weight excluding hydrogens is 368 g/mol. The summed E-state index contributed by atoms with van der Waals surface area (Å²) in [4.78, 5) is 25.3. The van der Waals surface area contributed by atoms with Crippen molar-refractivity contribution in [2.45, 2.75) is 33.6 Å². The molecule has 5 nitrogen and oxygen atoms in total. The average Bonchev–Trinajstić information content (AvgIpc) is 3.10. The third-order valence-electron chi connectivity index (χ3n) is 5.26. The molecule has 0 radical (unpaired) electrons. The van der Waals surface area contributed by atoms with E-state index in [0.29, 0.717) is 17.5 Å². The maximum Gasteiger partial charge on any atom is 0.274 e. The number of piperidine rings is 1. The van der Waals surface area contributed by atoms with Crippen molar-refractivity contribution in [3.63, 3.8) is 0 Å². The number of anilines is 2. The van der Waals surface area contributed by atoms with E-state index in [4.69, 9.17) is 0 Å². The highest BCUT2D eigenvalue weighted by Crippen LogP contribution is 2.31. The van der Waals surface area contributed by atoms with Crippen molar-refractivity contribution in [3.8, 4) is 0 Å². The smallest absolute Gasteiger partial charge is 0.274 e. The molecule has 6 heteroatoms. The van der Waals surface area contributed by atoms with Crippen LogP contribution in [0.3, 0.4) is 0 Å². The highest BCUT2D eigenvalue weighted by molar-refractivity contribution is 7.19. The lowest BCUT2D eigenvalue weighted by Crippen LogP contribution is -2.39. The van der Waals surface area contributed by atoms with Crippen LogP contribution in [0.25, 0.3) is 10.2 Å². The van der Waals surface area contributed by atoms with Crippen LogP contribution in [0.4, 0.5) is 11.4 Å². The van der Waals surface area contributed by atoms with Crippen molar-refractivity contribution in [1.82, 2.24) is 9.97 Å². The molecule has 1 aliphatic heterocycles. The number of carbonyl (C=O) groups is 1. The molecule has 0 spiro atoms. The van der Waals surface area contributed by atoms with Crippen LogP contribution in [0.2, 0.25) is 0 Å². The second kappa shape index (κ2) is 7.87. The van der Waals surface area contributed by atoms with Crippen LogP contribution in [0.15, 0.2) is 36.7 Å². The third kappa shape index (κ3) is 3.87. The average molecular weight is 395 g/mol. The summed E-state index contributed by atoms with van der Waals surface area (Å²) < 4.78 is 1.12. The first kappa shape index (κ1) is 18.9. The Morgan fingerprint density at radius 1 is 1.25 bits per heavy atom. The van der Waals surface area contributed by atoms with Gasteiger partial charge in [-0.05, 0) is 48.9 Å². The molecule has 1 fully saturated rings. The van der Waals surface area contributed by atoms with E-state index in [-0.39, 0.29) is 5.91 Å². The van der Waals surface area contributed by atoms with Gasteiger partial charge in [-0.25, -0.2) is 4.98 Å². The van der Waals surface area contributed by atoms with Crippen LogP contribution in [-0.2, 0) is 6.42 Å². The number of hydrogen-bond donors (Lipinski definition) is 1. The van der Waals surface area contributed by atoms with Crippen molar-refractivity contribution in [2.24, 2.45) is 11.8 Å². The SMILES string of the molecule is CCc1cc2nc(C(=O)Nc3cnccc3N3C[C@H](C)C[C@H](C)C3)ccc2s1. The van der Waals surface area contributed by atoms with Gasteiger partial charge in [0, 0.05) is 24.2 Å². The van der Waals surface area contributed by atoms with Crippen LogP contribution in [0, 0.1) is 11.8 Å². The molecule has 1 amide bonds. The van der Waals surface area contributed by atoms with Gasteiger partial charge >= 0.3 is 0 Å². The van der Waals surface area contributed by atoms with E-state index < -0.39 is 0 Å². The number of nitrogens with zero attached hydrogens (tertiary/aromatic N) is 3. The number of amides is 1. The maximum absolute atomic E-state index is 12.9. The molecule has 146 valence electrons. The number of aromatic nitrogens is 2. The molecule has 2 atom stereocenters. The van der Waals surface area contributed by atoms with E-state index in [0.717, 1.165) is 41.1 Å². The summed E-state index contributed by atoms with van der Waals surface area (Å²) in [5.41, 5.74) is 3.10. The highest BCUT2D eigenvalue weighted by Gasteiger charge is 2.24. The lowest BCUT2D eigenvalue weighted by atomic mass is 9.91. The van der Waals surface area contributed by atoms with Crippen molar-refractivity contribution in [3.05, 3.63) is 47.2 Å². The zero-order valence-electron chi connectivity index (χ0n) is 16.6. The van der Waals surface area contributed by atoms with Gasteiger partial charge in [0.1, 0.15) is 5.69 Å². The lowest BCUT2D eigenvalue weighted by Gasteiger charge is -2.37. The Labute approximate surface area is 169 Å². The van der Waals surface area contributed by atoms with E-state index >= 15 is 0 Å². The van der Waals surface area contributed by atoms with E-state index in [1.807, 2.05) is 12.1 Å². The molecule has 3 aromatic rings. The van der Waals surface area contributed by atoms with E-state index in [9.17, 15) is 4.79 Å². The number of pyridine rings is 2. The molecule has 0 bridgehead atoms. The standard InChI is InChI=1S/C22H26N4OS/c1-4-16-10-18-21(28-16)6-5-17(24-18)22(27)25-19-11-23-8-7-20(19)26-12-14(2)9-15(3)13-26/h5-8,10-11,14-15H,4,9,12-13H2,1-3H3,(H,25,27)/t14-,15+. The first-order valence-electron chi connectivity index (χ1n) is 9.93. The molecule has 0 aromatic carbocycles. The minimum Gasteiger partial charge on any atom is -0.369 e. The minimum atomic E-state index is -0.196. The van der Waals surface area contributed by atoms with Gasteiger partial charge in [0.2, 0.25) is 0 Å². The van der Waals surface area contributed by atoms with Gasteiger partial charge in [0.05, 0.1) is 27.8 Å². The molecule has 4 rings (SSSR count). The number of fused-ring (bicyclic) bond motifs is 1. The Hall–Kier alpha value is -2.47. The largest absolute Gasteiger partial charge is 0.369 e. The van der Waals surface area contributed by atoms with Crippen molar-refractivity contribution >= 4 is 38.8 Å². The summed E-state index contributed by atoms with van der Waals surface area (Å²) in [6.07, 6.45) is 5.74. The summed E-state index contributed by atoms with van der Waals surface area (Å²) >= 11 is 1.73. The molecule has 1 saturated heterocycles. The summed E-state index contributed by atoms with van der Waals surface area (Å²) in [7, 11) is 0. The quantitative estimate of drug-likeness (QED) is 0.677. The maximum atomic E-state index is 12.9. The van der Waals surface area contributed by atoms with Gasteiger partial charge in [-0.15, -0.1) is 11.3 Å². The summed E-state index contributed by atoms with van der Waals surface area (Å²) in [5.74, 6) is 1.07. The van der Waals surface area contributed by atoms with Gasteiger partial charge in [-0.1, -0.05) is 20.8 Å². The Balaban J connectivity index is 1.58. The monoisotopic (exact) mass is 394 g/mol. The van der Waals surface area contributed by atoms with Gasteiger partial charge in [0.15, 0.2) is 0 Å². The van der Waals surface area contributed by atoms with Crippen molar-refractivity contribution in [1.29, 1.82) is 0 Å². The van der Waals surface area contributed by atoms with Crippen LogP contribution >= 0.6 is 11.3 Å². The first-order chi connectivity index (χ1) is 13.5. The summed E-state index contributed by atoms with van der Waals surface area (Å²) in [5, 5.41) is 3.04. The van der Waals surface area contributed by atoms with Crippen molar-refractivity contribution < 1.29 is 4.79 Å². The zero-order chi connectivity index (χ0) is 19.7. The summed E-state index contributed by atoms with van der Waals surface area (Å²) in [6.45, 7) is 8.69. The molecule has 4 heterocycles. The van der Waals surface area contributed by atoms with Crippen LogP contribution in [0.1, 0.15) is 42.6 Å². The second-order valence-electron chi connectivity index (χ2n) is 7.84. The fraction of sp³-hybridized carbons (Fsp3) is 0.409. The molecular formula is C22H26N4OS. The number of thiophene rings is 1. The Morgan fingerprint density at radius 3 is 2.79 bits per heavy atom. The Bertz CT molecular complexity index is 989. The zero-order valence-corrected chi connectivity index (χ0v) is 17.4. The van der Waals surface area contributed by atoms with Gasteiger partial charge in [-0.3, -0.25) is 9.78 Å². The fourth-order valence-corrected chi connectivity index (χ4v) is 5.02. The molecule has 28 heavy (non-hydrogen) atoms. The molecule has 0 saturated carbocycles. The van der Waals surface area contributed by atoms with Gasteiger partial charge in [-0.2, -0.15) is 0 Å². The number of nitrogens with one attached hydrogen (secondary N) is 1. The lowest BCUT2D eigenvalue weighted by molar-refractivity contribution is 0.102. The number of hydrogen-bond acceptors (Lipinski definition) is 5. The summed E-state index contributed by atoms with van der Waals surface area (Å²) in [6, 6.07) is 7.85. The van der Waals surface area contributed by atoms with Crippen molar-refractivity contribution in [2.75, 3.05) is 23.3 Å². The number of rotatable bonds is 4. The number of aryl methyl sites for hydroxylation is 1. The molecule has 0 aliphatic carbocycles. The molecule has 3 aromatic heterocycles. The van der Waals surface area contributed by atoms with Gasteiger partial charge < -0.3 is 10.2 Å². The molecule has 0 unspecified atom stereocenters. The topological polar surface area (TPSA) is 58.1 Å². The predicted octanol–water partition coefficient (Wildman–Crippen LogP) is 4.99. The van der Waals surface area contributed by atoms with Crippen LogP contribution in [-0.4, -0.2) is 29.0 Å². The molecule has 1 N–H and O–H groups in total. The normalized spacial score (nSPS) is 19.8. The van der Waals surface area contributed by atoms with E-state index in [2.05, 4.69) is 47.0 Å². The highest BCUT2D eigenvalue weighted by atomic mass is 32.1. The van der Waals surface area contributed by atoms with Crippen LogP contribution in [0.5, 0.6) is 0 Å². The second-order valence-corrected chi connectivity index (χ2v) is 9.01. The van der Waals surface area contributed by atoms with Crippen LogP contribution < -0.4 is 10.2 Å². The molecule has 1 aliphatic rings. The predicted molar refractivity (Wildman–Crippen MR) is 116 cm³/mol. The fourth-order valence-electron chi connectivity index (χ4n) is 4.08. The van der Waals surface area contributed by atoms with E-state index in [1.54, 1.807) is 29.8 Å².